The Morgan fingerprint density at radius 3 is 2.32 bits per heavy atom. The van der Waals surface area contributed by atoms with Crippen molar-refractivity contribution in [3.05, 3.63) is 114 Å². The number of methoxy groups -OCH3 is 2. The van der Waals surface area contributed by atoms with Crippen LogP contribution >= 0.6 is 0 Å². The van der Waals surface area contributed by atoms with Crippen LogP contribution < -0.4 is 34.5 Å². The quantitative estimate of drug-likeness (QED) is 0.0656. The van der Waals surface area contributed by atoms with Crippen molar-refractivity contribution >= 4 is 42.1 Å². The van der Waals surface area contributed by atoms with Gasteiger partial charge in [0.05, 0.1) is 64.7 Å². The number of anilines is 3. The molecule has 65 heavy (non-hydrogen) atoms. The monoisotopic (exact) mass is 902 g/mol. The van der Waals surface area contributed by atoms with Crippen molar-refractivity contribution in [2.75, 3.05) is 50.4 Å². The first-order chi connectivity index (χ1) is 31.5. The summed E-state index contributed by atoms with van der Waals surface area (Å²) in [4.78, 5) is 33.4. The molecule has 1 spiro atoms. The maximum absolute atomic E-state index is 15.5. The minimum Gasteiger partial charge on any atom is -0.497 e. The van der Waals surface area contributed by atoms with E-state index in [1.807, 2.05) is 90.8 Å². The van der Waals surface area contributed by atoms with E-state index in [2.05, 4.69) is 47.8 Å². The minimum absolute atomic E-state index is 0.00599. The van der Waals surface area contributed by atoms with Gasteiger partial charge in [0.25, 0.3) is 5.91 Å². The Morgan fingerprint density at radius 2 is 1.62 bits per heavy atom. The van der Waals surface area contributed by atoms with Crippen molar-refractivity contribution in [1.29, 1.82) is 0 Å². The molecule has 3 N–H and O–H groups in total. The number of ether oxygens (including phenoxy) is 4. The molecule has 0 saturated carbocycles. The highest BCUT2D eigenvalue weighted by molar-refractivity contribution is 6.91. The number of fused-ring (bicyclic) bond motifs is 3. The van der Waals surface area contributed by atoms with Crippen LogP contribution in [-0.4, -0.2) is 97.8 Å². The molecule has 14 nitrogen and oxygen atoms in total. The topological polar surface area (TPSA) is 161 Å². The Balaban J connectivity index is 1.12. The van der Waals surface area contributed by atoms with Crippen LogP contribution in [0.3, 0.4) is 0 Å². The molecule has 1 aromatic heterocycles. The van der Waals surface area contributed by atoms with Crippen molar-refractivity contribution in [2.45, 2.75) is 95.4 Å². The van der Waals surface area contributed by atoms with Crippen LogP contribution in [0.5, 0.6) is 17.2 Å². The van der Waals surface area contributed by atoms with E-state index in [0.29, 0.717) is 51.1 Å². The summed E-state index contributed by atoms with van der Waals surface area (Å²) in [7, 11) is 0.896. The number of benzene rings is 4. The van der Waals surface area contributed by atoms with Crippen LogP contribution in [0, 0.1) is 5.92 Å². The number of aliphatic hydroxyl groups excluding tert-OH is 2. The first-order valence-corrected chi connectivity index (χ1v) is 25.9. The third-order valence-corrected chi connectivity index (χ3v) is 18.1. The van der Waals surface area contributed by atoms with E-state index in [1.165, 1.54) is 5.19 Å². The van der Waals surface area contributed by atoms with E-state index in [1.54, 1.807) is 23.8 Å². The average molecular weight is 903 g/mol. The third-order valence-electron chi connectivity index (χ3n) is 13.7. The van der Waals surface area contributed by atoms with Gasteiger partial charge in [-0.2, -0.15) is 0 Å². The maximum Gasteiger partial charge on any atom is 0.264 e. The lowest BCUT2D eigenvalue weighted by atomic mass is 9.82. The van der Waals surface area contributed by atoms with Crippen molar-refractivity contribution in [3.8, 4) is 17.2 Å². The Hall–Kier alpha value is -5.58. The standard InChI is InChI=1S/C50H62N6O8Si/c1-7-63-40-17-20-44-35(28-40)29-43(51-24-8-9-26-57)48(59)56(44)37-12-10-34(11-13-37)31-55-45-21-16-39(62-4)30-42(45)50(49(55)60)33(2)47(65(5,6)41-18-14-38(61-3)15-19-41)46(64-50)22-25-54-32-36(23-27-58)52-53-54/h10-21,28,30,32-33,43,46-47,51,57-58H,7-9,22-27,29,31H2,1-6H3/t33-,43?,46+,47-,50+/m1/s1. The molecule has 5 atom stereocenters. The smallest absolute Gasteiger partial charge is 0.264 e. The second-order valence-electron chi connectivity index (χ2n) is 17.9. The predicted molar refractivity (Wildman–Crippen MR) is 252 cm³/mol. The lowest BCUT2D eigenvalue weighted by Crippen LogP contribution is -2.51. The first kappa shape index (κ1) is 46.0. The minimum atomic E-state index is -2.41. The van der Waals surface area contributed by atoms with Gasteiger partial charge in [-0.1, -0.05) is 54.7 Å². The fourth-order valence-electron chi connectivity index (χ4n) is 10.4. The second-order valence-corrected chi connectivity index (χ2v) is 22.6. The number of hydrogen-bond donors (Lipinski definition) is 3. The van der Waals surface area contributed by atoms with E-state index in [0.717, 1.165) is 57.4 Å². The SMILES string of the molecule is CCOc1ccc2c(c1)CC(NCCCCO)C(=O)N2c1ccc(CN2C(=O)[C@@]3(O[C@@H](CCn4cc(CCO)nn4)[C@H]([Si](C)(C)c4ccc(OC)cc4)[C@H]3C)c3cc(OC)ccc32)cc1. The van der Waals surface area contributed by atoms with Gasteiger partial charge in [0.2, 0.25) is 5.91 Å². The number of unbranched alkanes of at least 4 members (excludes halogenated alkanes) is 1. The van der Waals surface area contributed by atoms with E-state index >= 15 is 4.79 Å². The third kappa shape index (κ3) is 8.79. The molecular formula is C50H62N6O8Si. The zero-order valence-corrected chi connectivity index (χ0v) is 39.3. The maximum atomic E-state index is 15.5. The van der Waals surface area contributed by atoms with E-state index in [-0.39, 0.29) is 49.1 Å². The number of nitrogens with one attached hydrogen (secondary N) is 1. The molecule has 3 aliphatic heterocycles. The summed E-state index contributed by atoms with van der Waals surface area (Å²) in [6.07, 6.45) is 4.55. The molecule has 15 heteroatoms. The van der Waals surface area contributed by atoms with Crippen LogP contribution in [0.15, 0.2) is 91.1 Å². The van der Waals surface area contributed by atoms with Crippen LogP contribution in [0.25, 0.3) is 0 Å². The van der Waals surface area contributed by atoms with Crippen LogP contribution in [0.2, 0.25) is 18.6 Å². The number of amides is 2. The van der Waals surface area contributed by atoms with Crippen molar-refractivity contribution in [2.24, 2.45) is 5.92 Å². The summed E-state index contributed by atoms with van der Waals surface area (Å²) in [5.41, 5.74) is 4.46. The molecule has 1 unspecified atom stereocenters. The van der Waals surface area contributed by atoms with Crippen LogP contribution in [-0.2, 0) is 45.9 Å². The predicted octanol–water partition coefficient (Wildman–Crippen LogP) is 6.03. The zero-order chi connectivity index (χ0) is 45.9. The lowest BCUT2D eigenvalue weighted by molar-refractivity contribution is -0.146. The van der Waals surface area contributed by atoms with Crippen molar-refractivity contribution < 1.29 is 38.7 Å². The molecule has 0 radical (unpaired) electrons. The Bertz CT molecular complexity index is 2460. The molecule has 3 aliphatic rings. The Morgan fingerprint density at radius 1 is 0.892 bits per heavy atom. The number of carbonyl (C=O) groups is 2. The van der Waals surface area contributed by atoms with Crippen molar-refractivity contribution in [1.82, 2.24) is 20.3 Å². The van der Waals surface area contributed by atoms with Gasteiger partial charge < -0.3 is 39.4 Å². The Kier molecular flexibility index (Phi) is 13.8. The number of nitrogens with zero attached hydrogens (tertiary/aromatic N) is 5. The summed E-state index contributed by atoms with van der Waals surface area (Å²) in [5.74, 6) is 1.80. The lowest BCUT2D eigenvalue weighted by Gasteiger charge is -2.37. The van der Waals surface area contributed by atoms with Gasteiger partial charge >= 0.3 is 0 Å². The number of aromatic nitrogens is 3. The van der Waals surface area contributed by atoms with E-state index in [4.69, 9.17) is 18.9 Å². The van der Waals surface area contributed by atoms with Crippen LogP contribution in [0.4, 0.5) is 17.1 Å². The fourth-order valence-corrected chi connectivity index (χ4v) is 14.5. The molecule has 0 bridgehead atoms. The fraction of sp³-hybridized carbons (Fsp3) is 0.440. The van der Waals surface area contributed by atoms with Gasteiger partial charge in [0.1, 0.15) is 17.2 Å². The highest BCUT2D eigenvalue weighted by Crippen LogP contribution is 2.60. The average Bonchev–Trinajstić information content (AvgIpc) is 3.97. The van der Waals surface area contributed by atoms with Crippen molar-refractivity contribution in [3.63, 3.8) is 0 Å². The largest absolute Gasteiger partial charge is 0.497 e. The molecule has 5 aromatic rings. The molecule has 4 aromatic carbocycles. The first-order valence-electron chi connectivity index (χ1n) is 22.8. The van der Waals surface area contributed by atoms with Crippen LogP contribution in [0.1, 0.15) is 55.5 Å². The summed E-state index contributed by atoms with van der Waals surface area (Å²) in [6.45, 7) is 10.9. The molecule has 1 saturated heterocycles. The number of hydrogen-bond acceptors (Lipinski definition) is 11. The number of rotatable bonds is 19. The number of aliphatic hydroxyl groups is 2. The summed E-state index contributed by atoms with van der Waals surface area (Å²) in [5, 5.41) is 32.1. The second kappa shape index (κ2) is 19.5. The zero-order valence-electron chi connectivity index (χ0n) is 38.3. The van der Waals surface area contributed by atoms with E-state index < -0.39 is 19.7 Å². The van der Waals surface area contributed by atoms with Gasteiger partial charge in [-0.25, -0.2) is 0 Å². The highest BCUT2D eigenvalue weighted by atomic mass is 28.3. The van der Waals surface area contributed by atoms with Gasteiger partial charge in [-0.15, -0.1) is 5.10 Å². The van der Waals surface area contributed by atoms with Gasteiger partial charge in [-0.3, -0.25) is 19.2 Å². The molecule has 344 valence electrons. The molecule has 0 aliphatic carbocycles. The molecule has 4 heterocycles. The molecular weight excluding hydrogens is 841 g/mol. The molecule has 8 rings (SSSR count). The van der Waals surface area contributed by atoms with E-state index in [9.17, 15) is 15.0 Å². The summed E-state index contributed by atoms with van der Waals surface area (Å²) < 4.78 is 26.3. The summed E-state index contributed by atoms with van der Waals surface area (Å²) in [6, 6.07) is 27.5. The summed E-state index contributed by atoms with van der Waals surface area (Å²) >= 11 is 0. The molecule has 1 fully saturated rings. The Labute approximate surface area is 382 Å². The number of aryl methyl sites for hydroxylation is 1. The van der Waals surface area contributed by atoms with Gasteiger partial charge in [-0.05, 0) is 116 Å². The van der Waals surface area contributed by atoms with Gasteiger partial charge in [0, 0.05) is 49.5 Å². The number of carbonyl (C=O) groups excluding carboxylic acids is 2. The highest BCUT2D eigenvalue weighted by Gasteiger charge is 2.66. The van der Waals surface area contributed by atoms with Gasteiger partial charge in [0.15, 0.2) is 5.60 Å². The molecule has 2 amide bonds. The normalized spacial score (nSPS) is 21.5.